The Hall–Kier alpha value is -4.46. The van der Waals surface area contributed by atoms with Gasteiger partial charge in [0, 0.05) is 30.6 Å². The molecule has 10 nitrogen and oxygen atoms in total. The molecule has 0 bridgehead atoms. The first-order valence-electron chi connectivity index (χ1n) is 17.9. The number of H-pyrrole nitrogens is 1. The average molecular weight is 730 g/mol. The Morgan fingerprint density at radius 2 is 1.62 bits per heavy atom. The zero-order valence-electron chi connectivity index (χ0n) is 29.9. The number of aromatic amines is 1. The number of fused-ring (bicyclic) bond motifs is 3. The SMILES string of the molecule is CCC(C)[C@H](NC(=O)Cc1ccccc1F)C(=O)N[C@]1(C(=O)NC(C(=O)N2CCOCC2)[C@@H](C)CC)CCc2[nH]c3c(C(F)(F)F)cccc3c2C1. The maximum Gasteiger partial charge on any atom is 0.418 e. The van der Waals surface area contributed by atoms with Gasteiger partial charge in [-0.3, -0.25) is 19.2 Å². The molecule has 2 aliphatic rings. The Labute approximate surface area is 300 Å². The van der Waals surface area contributed by atoms with Gasteiger partial charge in [0.05, 0.1) is 30.7 Å². The number of hydrogen-bond acceptors (Lipinski definition) is 5. The van der Waals surface area contributed by atoms with Crippen LogP contribution in [0.3, 0.4) is 0 Å². The molecule has 14 heteroatoms. The standard InChI is InChI=1S/C38H47F4N5O5/c1-5-22(3)31(44-30(48)20-24-10-7-8-13-28(24)39)34(49)46-37(36(51)45-32(23(4)6-2)35(50)47-16-18-52-19-17-47)15-14-29-26(21-37)25-11-9-12-27(33(25)43-29)38(40,41)42/h7-13,22-23,31-32,43H,5-6,14-21H2,1-4H3,(H,44,48)(H,45,51)(H,46,49)/t22?,23-,31-,32?,37+/m0/s1. The number of carbonyl (C=O) groups is 4. The van der Waals surface area contributed by atoms with Crippen molar-refractivity contribution in [1.29, 1.82) is 0 Å². The number of alkyl halides is 3. The predicted octanol–water partition coefficient (Wildman–Crippen LogP) is 4.83. The molecule has 0 saturated carbocycles. The summed E-state index contributed by atoms with van der Waals surface area (Å²) in [5, 5.41) is 8.88. The van der Waals surface area contributed by atoms with Crippen LogP contribution in [0.4, 0.5) is 17.6 Å². The third kappa shape index (κ3) is 8.27. The van der Waals surface area contributed by atoms with Crippen molar-refractivity contribution in [2.45, 2.75) is 90.0 Å². The molecule has 1 aromatic heterocycles. The van der Waals surface area contributed by atoms with Crippen LogP contribution in [-0.4, -0.2) is 77.4 Å². The van der Waals surface area contributed by atoms with Gasteiger partial charge in [0.2, 0.25) is 23.6 Å². The maximum absolute atomic E-state index is 14.7. The number of rotatable bonds is 12. The molecule has 2 heterocycles. The van der Waals surface area contributed by atoms with Gasteiger partial charge in [-0.1, -0.05) is 70.9 Å². The molecule has 4 N–H and O–H groups in total. The Morgan fingerprint density at radius 3 is 2.27 bits per heavy atom. The second kappa shape index (κ2) is 16.1. The summed E-state index contributed by atoms with van der Waals surface area (Å²) in [7, 11) is 0. The summed E-state index contributed by atoms with van der Waals surface area (Å²) in [6, 6.07) is 7.58. The van der Waals surface area contributed by atoms with Crippen LogP contribution < -0.4 is 16.0 Å². The molecule has 0 radical (unpaired) electrons. The van der Waals surface area contributed by atoms with Gasteiger partial charge in [0.15, 0.2) is 0 Å². The normalized spacial score (nSPS) is 20.0. The van der Waals surface area contributed by atoms with E-state index < -0.39 is 58.8 Å². The second-order valence-corrected chi connectivity index (χ2v) is 14.0. The second-order valence-electron chi connectivity index (χ2n) is 14.0. The fourth-order valence-electron chi connectivity index (χ4n) is 7.06. The van der Waals surface area contributed by atoms with Crippen molar-refractivity contribution in [1.82, 2.24) is 25.8 Å². The number of aromatic nitrogens is 1. The van der Waals surface area contributed by atoms with E-state index in [1.807, 2.05) is 20.8 Å². The largest absolute Gasteiger partial charge is 0.418 e. The molecule has 3 aromatic rings. The van der Waals surface area contributed by atoms with E-state index in [2.05, 4.69) is 20.9 Å². The van der Waals surface area contributed by atoms with E-state index in [9.17, 15) is 36.7 Å². The number of nitrogens with one attached hydrogen (secondary N) is 4. The van der Waals surface area contributed by atoms with Crippen molar-refractivity contribution in [3.8, 4) is 0 Å². The van der Waals surface area contributed by atoms with E-state index in [0.29, 0.717) is 50.4 Å². The number of morpholine rings is 1. The number of halogens is 4. The Bertz CT molecular complexity index is 1790. The van der Waals surface area contributed by atoms with Crippen LogP contribution in [0.2, 0.25) is 0 Å². The molecule has 0 spiro atoms. The summed E-state index contributed by atoms with van der Waals surface area (Å²) < 4.78 is 61.9. The molecule has 2 unspecified atom stereocenters. The van der Waals surface area contributed by atoms with Crippen LogP contribution >= 0.6 is 0 Å². The van der Waals surface area contributed by atoms with Crippen LogP contribution in [0.5, 0.6) is 0 Å². The minimum atomic E-state index is -4.64. The first-order chi connectivity index (χ1) is 24.7. The average Bonchev–Trinajstić information content (AvgIpc) is 3.50. The molecule has 5 atom stereocenters. The maximum atomic E-state index is 14.7. The van der Waals surface area contributed by atoms with Gasteiger partial charge in [-0.25, -0.2) is 4.39 Å². The van der Waals surface area contributed by atoms with E-state index in [1.165, 1.54) is 24.3 Å². The molecule has 1 saturated heterocycles. The molecule has 2 aromatic carbocycles. The van der Waals surface area contributed by atoms with Gasteiger partial charge in [0.25, 0.3) is 0 Å². The molecule has 1 aliphatic heterocycles. The lowest BCUT2D eigenvalue weighted by Crippen LogP contribution is -2.67. The minimum absolute atomic E-state index is 0.00111. The van der Waals surface area contributed by atoms with Gasteiger partial charge in [-0.15, -0.1) is 0 Å². The Balaban J connectivity index is 1.51. The number of ether oxygens (including phenoxy) is 1. The number of benzene rings is 2. The lowest BCUT2D eigenvalue weighted by molar-refractivity contribution is -0.144. The molecule has 5 rings (SSSR count). The molecule has 1 aliphatic carbocycles. The zero-order valence-corrected chi connectivity index (χ0v) is 29.9. The number of amides is 4. The summed E-state index contributed by atoms with van der Waals surface area (Å²) >= 11 is 0. The van der Waals surface area contributed by atoms with E-state index >= 15 is 0 Å². The number of aryl methyl sites for hydroxylation is 1. The third-order valence-corrected chi connectivity index (χ3v) is 10.6. The van der Waals surface area contributed by atoms with Gasteiger partial charge in [-0.05, 0) is 47.9 Å². The van der Waals surface area contributed by atoms with Crippen LogP contribution in [0.1, 0.15) is 69.3 Å². The summed E-state index contributed by atoms with van der Waals surface area (Å²) in [6.45, 7) is 8.76. The smallest absolute Gasteiger partial charge is 0.378 e. The molecular weight excluding hydrogens is 682 g/mol. The Morgan fingerprint density at radius 1 is 0.942 bits per heavy atom. The molecular formula is C38H47F4N5O5. The van der Waals surface area contributed by atoms with E-state index in [4.69, 9.17) is 4.74 Å². The quantitative estimate of drug-likeness (QED) is 0.199. The lowest BCUT2D eigenvalue weighted by atomic mass is 9.78. The van der Waals surface area contributed by atoms with Crippen LogP contribution in [0.25, 0.3) is 10.9 Å². The van der Waals surface area contributed by atoms with Crippen molar-refractivity contribution < 1.29 is 41.5 Å². The number of para-hydroxylation sites is 1. The summed E-state index contributed by atoms with van der Waals surface area (Å²) in [4.78, 5) is 60.6. The molecule has 1 fully saturated rings. The van der Waals surface area contributed by atoms with Crippen molar-refractivity contribution >= 4 is 34.5 Å². The van der Waals surface area contributed by atoms with E-state index in [1.54, 1.807) is 24.0 Å². The third-order valence-electron chi connectivity index (χ3n) is 10.6. The molecule has 52 heavy (non-hydrogen) atoms. The highest BCUT2D eigenvalue weighted by atomic mass is 19.4. The highest BCUT2D eigenvalue weighted by molar-refractivity contribution is 5.99. The number of hydrogen-bond donors (Lipinski definition) is 4. The topological polar surface area (TPSA) is 133 Å². The van der Waals surface area contributed by atoms with Crippen molar-refractivity contribution in [3.05, 3.63) is 70.7 Å². The number of carbonyl (C=O) groups excluding carboxylic acids is 4. The summed E-state index contributed by atoms with van der Waals surface area (Å²) in [6.07, 6.45) is -3.99. The first-order valence-corrected chi connectivity index (χ1v) is 17.9. The first kappa shape index (κ1) is 38.8. The monoisotopic (exact) mass is 729 g/mol. The van der Waals surface area contributed by atoms with Gasteiger partial charge < -0.3 is 30.6 Å². The zero-order chi connectivity index (χ0) is 37.8. The van der Waals surface area contributed by atoms with Crippen LogP contribution in [0, 0.1) is 17.7 Å². The lowest BCUT2D eigenvalue weighted by Gasteiger charge is -2.40. The van der Waals surface area contributed by atoms with Crippen LogP contribution in [0.15, 0.2) is 42.5 Å². The predicted molar refractivity (Wildman–Crippen MR) is 186 cm³/mol. The molecule has 4 amide bonds. The fraction of sp³-hybridized carbons (Fsp3) is 0.526. The minimum Gasteiger partial charge on any atom is -0.378 e. The summed E-state index contributed by atoms with van der Waals surface area (Å²) in [5.41, 5.74) is -1.54. The van der Waals surface area contributed by atoms with E-state index in [0.717, 1.165) is 6.07 Å². The van der Waals surface area contributed by atoms with Crippen molar-refractivity contribution in [2.75, 3.05) is 26.3 Å². The number of nitrogens with zero attached hydrogens (tertiary/aromatic N) is 1. The Kier molecular flexibility index (Phi) is 12.0. The van der Waals surface area contributed by atoms with E-state index in [-0.39, 0.29) is 54.0 Å². The highest BCUT2D eigenvalue weighted by Crippen LogP contribution is 2.40. The summed E-state index contributed by atoms with van der Waals surface area (Å²) in [5.74, 6) is -3.49. The molecule has 282 valence electrons. The van der Waals surface area contributed by atoms with Gasteiger partial charge in [-0.2, -0.15) is 13.2 Å². The fourth-order valence-corrected chi connectivity index (χ4v) is 7.06. The van der Waals surface area contributed by atoms with Gasteiger partial charge in [0.1, 0.15) is 23.4 Å². The highest BCUT2D eigenvalue weighted by Gasteiger charge is 2.47. The van der Waals surface area contributed by atoms with Crippen molar-refractivity contribution in [2.24, 2.45) is 11.8 Å². The van der Waals surface area contributed by atoms with Crippen LogP contribution in [-0.2, 0) is 49.4 Å². The van der Waals surface area contributed by atoms with Crippen molar-refractivity contribution in [3.63, 3.8) is 0 Å². The van der Waals surface area contributed by atoms with Gasteiger partial charge >= 0.3 is 6.18 Å².